The highest BCUT2D eigenvalue weighted by atomic mass is 16.1. The summed E-state index contributed by atoms with van der Waals surface area (Å²) >= 11 is 0. The highest BCUT2D eigenvalue weighted by Gasteiger charge is 2.03. The minimum atomic E-state index is -0.0973. The van der Waals surface area contributed by atoms with Crippen molar-refractivity contribution in [2.75, 3.05) is 13.6 Å². The first-order chi connectivity index (χ1) is 8.31. The molecule has 0 fully saturated rings. The van der Waals surface area contributed by atoms with Gasteiger partial charge in [0.2, 0.25) is 0 Å². The monoisotopic (exact) mass is 230 g/mol. The van der Waals surface area contributed by atoms with Gasteiger partial charge >= 0.3 is 0 Å². The van der Waals surface area contributed by atoms with Crippen molar-refractivity contribution in [2.45, 2.75) is 6.54 Å². The maximum Gasteiger partial charge on any atom is 0.266 e. The number of rotatable bonds is 4. The van der Waals surface area contributed by atoms with E-state index in [1.807, 2.05) is 25.2 Å². The van der Waals surface area contributed by atoms with Crippen molar-refractivity contribution < 1.29 is 0 Å². The van der Waals surface area contributed by atoms with Gasteiger partial charge in [-0.3, -0.25) is 9.78 Å². The first-order valence-electron chi connectivity index (χ1n) is 5.45. The number of hydrogen-bond acceptors (Lipinski definition) is 4. The van der Waals surface area contributed by atoms with Crippen LogP contribution in [0.15, 0.2) is 41.3 Å². The van der Waals surface area contributed by atoms with Gasteiger partial charge in [-0.1, -0.05) is 6.07 Å². The summed E-state index contributed by atoms with van der Waals surface area (Å²) in [6.07, 6.45) is 1.71. The Bertz CT molecular complexity index is 536. The summed E-state index contributed by atoms with van der Waals surface area (Å²) in [5.74, 6) is 0. The predicted octanol–water partition coefficient (Wildman–Crippen LogP) is 0.525. The van der Waals surface area contributed by atoms with E-state index in [0.717, 1.165) is 5.69 Å². The molecular formula is C12H14N4O. The van der Waals surface area contributed by atoms with Gasteiger partial charge in [0.1, 0.15) is 5.69 Å². The summed E-state index contributed by atoms with van der Waals surface area (Å²) in [6.45, 7) is 1.26. The number of aromatic nitrogens is 3. The number of hydrogen-bond donors (Lipinski definition) is 1. The summed E-state index contributed by atoms with van der Waals surface area (Å²) in [6, 6.07) is 8.83. The van der Waals surface area contributed by atoms with Crippen LogP contribution in [0.5, 0.6) is 0 Å². The molecule has 0 aliphatic carbocycles. The number of nitrogens with one attached hydrogen (secondary N) is 1. The highest BCUT2D eigenvalue weighted by Crippen LogP contribution is 2.10. The molecule has 2 rings (SSSR count). The third-order valence-electron chi connectivity index (χ3n) is 2.37. The predicted molar refractivity (Wildman–Crippen MR) is 65.7 cm³/mol. The molecule has 1 N–H and O–H groups in total. The van der Waals surface area contributed by atoms with Crippen LogP contribution in [0.4, 0.5) is 0 Å². The van der Waals surface area contributed by atoms with Crippen molar-refractivity contribution in [3.8, 4) is 11.4 Å². The fraction of sp³-hybridized carbons (Fsp3) is 0.250. The second-order valence-corrected chi connectivity index (χ2v) is 3.60. The van der Waals surface area contributed by atoms with E-state index in [-0.39, 0.29) is 5.56 Å². The molecule has 5 nitrogen and oxygen atoms in total. The summed E-state index contributed by atoms with van der Waals surface area (Å²) in [4.78, 5) is 15.8. The van der Waals surface area contributed by atoms with Crippen LogP contribution in [0, 0.1) is 0 Å². The fourth-order valence-electron chi connectivity index (χ4n) is 1.48. The van der Waals surface area contributed by atoms with Gasteiger partial charge in [0.15, 0.2) is 0 Å². The van der Waals surface area contributed by atoms with Crippen molar-refractivity contribution in [1.29, 1.82) is 0 Å². The Morgan fingerprint density at radius 3 is 2.82 bits per heavy atom. The van der Waals surface area contributed by atoms with Crippen molar-refractivity contribution in [2.24, 2.45) is 0 Å². The summed E-state index contributed by atoms with van der Waals surface area (Å²) < 4.78 is 1.44. The van der Waals surface area contributed by atoms with Gasteiger partial charge in [-0.2, -0.15) is 5.10 Å². The quantitative estimate of drug-likeness (QED) is 0.832. The maximum atomic E-state index is 11.6. The molecule has 5 heteroatoms. The van der Waals surface area contributed by atoms with E-state index in [0.29, 0.717) is 18.8 Å². The van der Waals surface area contributed by atoms with Crippen LogP contribution in [-0.4, -0.2) is 28.4 Å². The van der Waals surface area contributed by atoms with Crippen molar-refractivity contribution >= 4 is 0 Å². The minimum Gasteiger partial charge on any atom is -0.318 e. The average molecular weight is 230 g/mol. The summed E-state index contributed by atoms with van der Waals surface area (Å²) in [5, 5.41) is 7.27. The van der Waals surface area contributed by atoms with Crippen LogP contribution in [0.25, 0.3) is 11.4 Å². The van der Waals surface area contributed by atoms with Gasteiger partial charge in [-0.05, 0) is 25.2 Å². The Balaban J connectivity index is 2.34. The van der Waals surface area contributed by atoms with Crippen LogP contribution in [-0.2, 0) is 6.54 Å². The molecule has 0 spiro atoms. The molecule has 0 bridgehead atoms. The lowest BCUT2D eigenvalue weighted by Crippen LogP contribution is -2.27. The second kappa shape index (κ2) is 5.36. The Morgan fingerprint density at radius 2 is 2.12 bits per heavy atom. The molecule has 2 aromatic heterocycles. The smallest absolute Gasteiger partial charge is 0.266 e. The Labute approximate surface area is 99.1 Å². The lowest BCUT2D eigenvalue weighted by Gasteiger charge is -2.05. The molecule has 0 saturated carbocycles. The van der Waals surface area contributed by atoms with Gasteiger partial charge in [0.05, 0.1) is 12.2 Å². The van der Waals surface area contributed by atoms with Crippen LogP contribution in [0.2, 0.25) is 0 Å². The molecule has 2 heterocycles. The van der Waals surface area contributed by atoms with E-state index in [1.165, 1.54) is 10.7 Å². The first kappa shape index (κ1) is 11.5. The van der Waals surface area contributed by atoms with Crippen LogP contribution >= 0.6 is 0 Å². The minimum absolute atomic E-state index is 0.0973. The van der Waals surface area contributed by atoms with Gasteiger partial charge in [0, 0.05) is 18.8 Å². The van der Waals surface area contributed by atoms with E-state index in [9.17, 15) is 4.79 Å². The Hall–Kier alpha value is -2.01. The molecular weight excluding hydrogens is 216 g/mol. The van der Waals surface area contributed by atoms with Crippen molar-refractivity contribution in [3.05, 3.63) is 46.9 Å². The molecule has 2 aromatic rings. The standard InChI is InChI=1S/C12H14N4O/c1-13-8-9-16-12(17)6-5-11(15-16)10-4-2-3-7-14-10/h2-7,13H,8-9H2,1H3. The molecule has 0 radical (unpaired) electrons. The zero-order valence-electron chi connectivity index (χ0n) is 9.63. The molecule has 0 aliphatic rings. The zero-order chi connectivity index (χ0) is 12.1. The molecule has 0 amide bonds. The topological polar surface area (TPSA) is 59.8 Å². The van der Waals surface area contributed by atoms with Gasteiger partial charge in [-0.25, -0.2) is 4.68 Å². The normalized spacial score (nSPS) is 10.4. The van der Waals surface area contributed by atoms with E-state index >= 15 is 0 Å². The Kier molecular flexibility index (Phi) is 3.62. The third kappa shape index (κ3) is 2.76. The van der Waals surface area contributed by atoms with E-state index in [4.69, 9.17) is 0 Å². The van der Waals surface area contributed by atoms with Crippen LogP contribution in [0.1, 0.15) is 0 Å². The zero-order valence-corrected chi connectivity index (χ0v) is 9.63. The average Bonchev–Trinajstić information content (AvgIpc) is 2.39. The molecule has 0 aromatic carbocycles. The summed E-state index contributed by atoms with van der Waals surface area (Å²) in [5.41, 5.74) is 1.38. The van der Waals surface area contributed by atoms with Gasteiger partial charge < -0.3 is 5.32 Å². The van der Waals surface area contributed by atoms with Crippen LogP contribution in [0.3, 0.4) is 0 Å². The van der Waals surface area contributed by atoms with Gasteiger partial charge in [-0.15, -0.1) is 0 Å². The molecule has 0 atom stereocenters. The fourth-order valence-corrected chi connectivity index (χ4v) is 1.48. The lowest BCUT2D eigenvalue weighted by molar-refractivity contribution is 0.557. The van der Waals surface area contributed by atoms with E-state index in [1.54, 1.807) is 12.3 Å². The second-order valence-electron chi connectivity index (χ2n) is 3.60. The molecule has 88 valence electrons. The molecule has 0 aliphatic heterocycles. The lowest BCUT2D eigenvalue weighted by atomic mass is 10.2. The van der Waals surface area contributed by atoms with Crippen molar-refractivity contribution in [3.63, 3.8) is 0 Å². The maximum absolute atomic E-state index is 11.6. The van der Waals surface area contributed by atoms with Crippen LogP contribution < -0.4 is 10.9 Å². The molecule has 17 heavy (non-hydrogen) atoms. The van der Waals surface area contributed by atoms with Crippen molar-refractivity contribution in [1.82, 2.24) is 20.1 Å². The number of pyridine rings is 1. The van der Waals surface area contributed by atoms with E-state index in [2.05, 4.69) is 15.4 Å². The molecule has 0 saturated heterocycles. The number of nitrogens with zero attached hydrogens (tertiary/aromatic N) is 3. The molecule has 0 unspecified atom stereocenters. The number of likely N-dealkylation sites (N-methyl/N-ethyl adjacent to an activating group) is 1. The largest absolute Gasteiger partial charge is 0.318 e. The van der Waals surface area contributed by atoms with E-state index < -0.39 is 0 Å². The van der Waals surface area contributed by atoms with Gasteiger partial charge in [0.25, 0.3) is 5.56 Å². The summed E-state index contributed by atoms with van der Waals surface area (Å²) in [7, 11) is 1.84. The Morgan fingerprint density at radius 1 is 1.24 bits per heavy atom. The highest BCUT2D eigenvalue weighted by molar-refractivity contribution is 5.52. The SMILES string of the molecule is CNCCn1nc(-c2ccccn2)ccc1=O. The first-order valence-corrected chi connectivity index (χ1v) is 5.45. The third-order valence-corrected chi connectivity index (χ3v) is 2.37.